The molecule has 1 N–H and O–H groups in total. The lowest BCUT2D eigenvalue weighted by Crippen LogP contribution is -2.56. The summed E-state index contributed by atoms with van der Waals surface area (Å²) in [5, 5.41) is 3.88. The van der Waals surface area contributed by atoms with E-state index in [-0.39, 0.29) is 0 Å². The first-order chi connectivity index (χ1) is 9.65. The maximum Gasteiger partial charge on any atom is 0.0372 e. The summed E-state index contributed by atoms with van der Waals surface area (Å²) in [5.74, 6) is 1.65. The molecule has 0 radical (unpaired) electrons. The fourth-order valence-corrected chi connectivity index (χ4v) is 4.04. The van der Waals surface area contributed by atoms with Crippen molar-refractivity contribution < 1.29 is 0 Å². The lowest BCUT2D eigenvalue weighted by atomic mass is 9.73. The predicted octanol–water partition coefficient (Wildman–Crippen LogP) is 3.92. The number of anilines is 1. The summed E-state index contributed by atoms with van der Waals surface area (Å²) in [4.78, 5) is 2.69. The van der Waals surface area contributed by atoms with Crippen LogP contribution >= 0.6 is 0 Å². The number of para-hydroxylation sites is 1. The number of likely N-dealkylation sites (tertiary alicyclic amines) is 1. The molecule has 0 amide bonds. The Hall–Kier alpha value is -1.02. The van der Waals surface area contributed by atoms with Gasteiger partial charge in [-0.25, -0.2) is 0 Å². The Bertz CT molecular complexity index is 440. The molecule has 1 aliphatic carbocycles. The van der Waals surface area contributed by atoms with Crippen molar-refractivity contribution >= 4 is 5.69 Å². The number of aryl methyl sites for hydroxylation is 1. The summed E-state index contributed by atoms with van der Waals surface area (Å²) >= 11 is 0. The highest BCUT2D eigenvalue weighted by molar-refractivity contribution is 5.51. The summed E-state index contributed by atoms with van der Waals surface area (Å²) < 4.78 is 0. The average Bonchev–Trinajstić information content (AvgIpc) is 2.40. The van der Waals surface area contributed by atoms with E-state index >= 15 is 0 Å². The first-order valence-corrected chi connectivity index (χ1v) is 8.21. The van der Waals surface area contributed by atoms with Gasteiger partial charge in [0.1, 0.15) is 0 Å². The normalized spacial score (nSPS) is 30.5. The molecular formula is C18H28N2. The molecule has 2 aliphatic rings. The van der Waals surface area contributed by atoms with Crippen LogP contribution in [0.15, 0.2) is 24.3 Å². The highest BCUT2D eigenvalue weighted by Crippen LogP contribution is 2.37. The maximum atomic E-state index is 3.88. The molecule has 110 valence electrons. The van der Waals surface area contributed by atoms with E-state index in [1.54, 1.807) is 0 Å². The van der Waals surface area contributed by atoms with Crippen LogP contribution in [0, 0.1) is 18.8 Å². The molecule has 2 bridgehead atoms. The first kappa shape index (κ1) is 13.9. The third-order valence-corrected chi connectivity index (χ3v) is 5.30. The maximum absolute atomic E-state index is 3.88. The summed E-state index contributed by atoms with van der Waals surface area (Å²) in [6, 6.07) is 10.1. The molecule has 2 atom stereocenters. The minimum absolute atomic E-state index is 0.680. The number of hydrogen-bond acceptors (Lipinski definition) is 2. The van der Waals surface area contributed by atoms with E-state index in [2.05, 4.69) is 55.3 Å². The van der Waals surface area contributed by atoms with Gasteiger partial charge in [0.25, 0.3) is 0 Å². The minimum Gasteiger partial charge on any atom is -0.381 e. The van der Waals surface area contributed by atoms with Crippen LogP contribution in [-0.4, -0.2) is 30.1 Å². The molecule has 1 saturated heterocycles. The Morgan fingerprint density at radius 1 is 1.10 bits per heavy atom. The van der Waals surface area contributed by atoms with Crippen LogP contribution in [0.5, 0.6) is 0 Å². The molecule has 0 aromatic heterocycles. The zero-order valence-electron chi connectivity index (χ0n) is 13.1. The van der Waals surface area contributed by atoms with Crippen molar-refractivity contribution in [3.63, 3.8) is 0 Å². The molecule has 2 heteroatoms. The Morgan fingerprint density at radius 2 is 1.75 bits per heavy atom. The summed E-state index contributed by atoms with van der Waals surface area (Å²) in [7, 11) is 0. The smallest absolute Gasteiger partial charge is 0.0372 e. The Morgan fingerprint density at radius 3 is 2.35 bits per heavy atom. The molecule has 1 heterocycles. The largest absolute Gasteiger partial charge is 0.381 e. The van der Waals surface area contributed by atoms with Crippen LogP contribution in [-0.2, 0) is 0 Å². The molecule has 20 heavy (non-hydrogen) atoms. The van der Waals surface area contributed by atoms with Crippen LogP contribution in [0.2, 0.25) is 0 Å². The molecule has 2 fully saturated rings. The van der Waals surface area contributed by atoms with Gasteiger partial charge in [-0.05, 0) is 57.1 Å². The second kappa shape index (κ2) is 5.77. The molecule has 1 aliphatic heterocycles. The first-order valence-electron chi connectivity index (χ1n) is 8.21. The van der Waals surface area contributed by atoms with Crippen molar-refractivity contribution in [1.29, 1.82) is 0 Å². The Kier molecular flexibility index (Phi) is 4.02. The second-order valence-corrected chi connectivity index (χ2v) is 6.98. The molecule has 1 aromatic carbocycles. The van der Waals surface area contributed by atoms with E-state index in [0.29, 0.717) is 12.1 Å². The van der Waals surface area contributed by atoms with Crippen molar-refractivity contribution in [2.45, 2.75) is 52.1 Å². The highest BCUT2D eigenvalue weighted by atomic mass is 15.2. The fourth-order valence-electron chi connectivity index (χ4n) is 4.04. The van der Waals surface area contributed by atoms with Gasteiger partial charge in [-0.2, -0.15) is 0 Å². The van der Waals surface area contributed by atoms with E-state index < -0.39 is 0 Å². The molecule has 1 saturated carbocycles. The number of nitrogens with zero attached hydrogens (tertiary/aromatic N) is 1. The minimum atomic E-state index is 0.680. The van der Waals surface area contributed by atoms with Gasteiger partial charge in [0.15, 0.2) is 0 Å². The Balaban J connectivity index is 1.75. The van der Waals surface area contributed by atoms with Gasteiger partial charge in [-0.1, -0.05) is 24.6 Å². The van der Waals surface area contributed by atoms with Gasteiger partial charge in [-0.15, -0.1) is 0 Å². The van der Waals surface area contributed by atoms with Gasteiger partial charge < -0.3 is 10.2 Å². The van der Waals surface area contributed by atoms with Crippen molar-refractivity contribution in [3.05, 3.63) is 29.8 Å². The molecule has 2 unspecified atom stereocenters. The molecule has 2 nitrogen and oxygen atoms in total. The van der Waals surface area contributed by atoms with Gasteiger partial charge in [0.2, 0.25) is 0 Å². The van der Waals surface area contributed by atoms with E-state index in [9.17, 15) is 0 Å². The van der Waals surface area contributed by atoms with Gasteiger partial charge in [0, 0.05) is 30.9 Å². The van der Waals surface area contributed by atoms with Crippen molar-refractivity contribution in [1.82, 2.24) is 4.90 Å². The lowest BCUT2D eigenvalue weighted by molar-refractivity contribution is 0.0518. The number of piperidine rings is 1. The van der Waals surface area contributed by atoms with Gasteiger partial charge in [0.05, 0.1) is 0 Å². The zero-order valence-corrected chi connectivity index (χ0v) is 13.1. The van der Waals surface area contributed by atoms with Crippen LogP contribution in [0.1, 0.15) is 38.7 Å². The third kappa shape index (κ3) is 2.71. The van der Waals surface area contributed by atoms with Crippen molar-refractivity contribution in [3.8, 4) is 0 Å². The summed E-state index contributed by atoms with van der Waals surface area (Å²) in [6.07, 6.45) is 4.21. The van der Waals surface area contributed by atoms with E-state index in [1.807, 2.05) is 0 Å². The summed E-state index contributed by atoms with van der Waals surface area (Å²) in [6.45, 7) is 9.44. The zero-order chi connectivity index (χ0) is 14.1. The summed E-state index contributed by atoms with van der Waals surface area (Å²) in [5.41, 5.74) is 2.71. The fraction of sp³-hybridized carbons (Fsp3) is 0.667. The molecule has 0 spiro atoms. The quantitative estimate of drug-likeness (QED) is 0.897. The second-order valence-electron chi connectivity index (χ2n) is 6.98. The standard InChI is InChI=1S/C18H28N2/c1-13(2)20-11-15-8-6-9-16(12-20)18(15)19-17-10-5-4-7-14(17)3/h4-5,7,10,13,15-16,18-19H,6,8-9,11-12H2,1-3H3. The number of benzene rings is 1. The number of nitrogens with one attached hydrogen (secondary N) is 1. The third-order valence-electron chi connectivity index (χ3n) is 5.30. The van der Waals surface area contributed by atoms with Crippen molar-refractivity contribution in [2.24, 2.45) is 11.8 Å². The number of hydrogen-bond donors (Lipinski definition) is 1. The van der Waals surface area contributed by atoms with Crippen LogP contribution < -0.4 is 5.32 Å². The van der Waals surface area contributed by atoms with Crippen molar-refractivity contribution in [2.75, 3.05) is 18.4 Å². The van der Waals surface area contributed by atoms with Crippen LogP contribution in [0.3, 0.4) is 0 Å². The number of rotatable bonds is 3. The molecule has 3 rings (SSSR count). The number of fused-ring (bicyclic) bond motifs is 2. The average molecular weight is 272 g/mol. The SMILES string of the molecule is Cc1ccccc1NC1C2CCCC1CN(C(C)C)C2. The predicted molar refractivity (Wildman–Crippen MR) is 86.1 cm³/mol. The molecular weight excluding hydrogens is 244 g/mol. The van der Waals surface area contributed by atoms with Crippen LogP contribution in [0.25, 0.3) is 0 Å². The Labute approximate surface area is 123 Å². The van der Waals surface area contributed by atoms with E-state index in [1.165, 1.54) is 43.6 Å². The molecule has 1 aromatic rings. The van der Waals surface area contributed by atoms with E-state index in [0.717, 1.165) is 11.8 Å². The van der Waals surface area contributed by atoms with Gasteiger partial charge in [-0.3, -0.25) is 0 Å². The van der Waals surface area contributed by atoms with Crippen LogP contribution in [0.4, 0.5) is 5.69 Å². The highest BCUT2D eigenvalue weighted by Gasteiger charge is 2.39. The lowest BCUT2D eigenvalue weighted by Gasteiger charge is -2.49. The van der Waals surface area contributed by atoms with Gasteiger partial charge >= 0.3 is 0 Å². The van der Waals surface area contributed by atoms with E-state index in [4.69, 9.17) is 0 Å². The topological polar surface area (TPSA) is 15.3 Å². The monoisotopic (exact) mass is 272 g/mol.